The van der Waals surface area contributed by atoms with Gasteiger partial charge in [0, 0.05) is 0 Å². The Morgan fingerprint density at radius 2 is 1.78 bits per heavy atom. The molecular weight excluding hydrogens is 304 g/mol. The summed E-state index contributed by atoms with van der Waals surface area (Å²) in [5.74, 6) is -0.946. The fourth-order valence-electron chi connectivity index (χ4n) is 2.56. The number of hydrogen-bond acceptors (Lipinski definition) is 6. The highest BCUT2D eigenvalue weighted by Gasteiger charge is 2.35. The van der Waals surface area contributed by atoms with E-state index in [0.717, 1.165) is 4.90 Å². The van der Waals surface area contributed by atoms with Crippen molar-refractivity contribution in [2.24, 2.45) is 5.28 Å². The minimum absolute atomic E-state index is 0.282. The third-order valence-corrected chi connectivity index (χ3v) is 3.88. The van der Waals surface area contributed by atoms with E-state index in [1.165, 1.54) is 5.01 Å². The maximum absolute atomic E-state index is 12.1. The van der Waals surface area contributed by atoms with Crippen molar-refractivity contribution in [2.75, 3.05) is 19.8 Å². The largest absolute Gasteiger partial charge is 0.569 e. The first kappa shape index (κ1) is 15.2. The van der Waals surface area contributed by atoms with Gasteiger partial charge in [0.25, 0.3) is 11.8 Å². The van der Waals surface area contributed by atoms with Gasteiger partial charge in [0.05, 0.1) is 35.3 Å². The molecule has 0 aliphatic carbocycles. The summed E-state index contributed by atoms with van der Waals surface area (Å²) < 4.78 is 0. The average molecular weight is 320 g/mol. The summed E-state index contributed by atoms with van der Waals surface area (Å²) in [7, 11) is 0. The maximum atomic E-state index is 12.1. The van der Waals surface area contributed by atoms with Crippen molar-refractivity contribution in [3.05, 3.63) is 40.6 Å². The third kappa shape index (κ3) is 2.95. The van der Waals surface area contributed by atoms with Crippen LogP contribution in [-0.2, 0) is 4.84 Å². The maximum Gasteiger partial charge on any atom is 0.264 e. The van der Waals surface area contributed by atoms with Crippen molar-refractivity contribution in [2.45, 2.75) is 18.9 Å². The number of fused-ring (bicyclic) bond motifs is 1. The Morgan fingerprint density at radius 1 is 1.22 bits per heavy atom. The predicted molar refractivity (Wildman–Crippen MR) is 75.8 cm³/mol. The second-order valence-corrected chi connectivity index (χ2v) is 5.36. The predicted octanol–water partition coefficient (Wildman–Crippen LogP) is 0.506. The monoisotopic (exact) mass is 320 g/mol. The van der Waals surface area contributed by atoms with E-state index in [9.17, 15) is 19.9 Å². The molecule has 0 spiro atoms. The fourth-order valence-corrected chi connectivity index (χ4v) is 2.56. The summed E-state index contributed by atoms with van der Waals surface area (Å²) in [5, 5.41) is 25.8. The minimum Gasteiger partial charge on any atom is -0.569 e. The Morgan fingerprint density at radius 3 is 2.35 bits per heavy atom. The number of hydrogen-bond donors (Lipinski definition) is 1. The molecule has 1 aromatic rings. The Bertz CT molecular complexity index is 619. The van der Waals surface area contributed by atoms with E-state index in [4.69, 9.17) is 4.84 Å². The molecule has 2 amide bonds. The number of amides is 2. The number of carbonyl (C=O) groups is 2. The summed E-state index contributed by atoms with van der Waals surface area (Å²) in [6, 6.07) is 6.46. The molecule has 0 aromatic heterocycles. The molecule has 9 nitrogen and oxygen atoms in total. The number of hydrazine groups is 1. The number of benzene rings is 1. The van der Waals surface area contributed by atoms with E-state index in [1.54, 1.807) is 24.3 Å². The Kier molecular flexibility index (Phi) is 4.11. The molecular formula is C14H16N4O5. The smallest absolute Gasteiger partial charge is 0.264 e. The van der Waals surface area contributed by atoms with Gasteiger partial charge < -0.3 is 15.2 Å². The van der Waals surface area contributed by atoms with E-state index in [2.05, 4.69) is 5.28 Å². The zero-order valence-corrected chi connectivity index (χ0v) is 12.3. The van der Waals surface area contributed by atoms with E-state index in [1.807, 2.05) is 0 Å². The molecule has 122 valence electrons. The van der Waals surface area contributed by atoms with Crippen molar-refractivity contribution >= 4 is 11.8 Å². The van der Waals surface area contributed by atoms with Crippen molar-refractivity contribution in [3.8, 4) is 0 Å². The molecule has 0 unspecified atom stereocenters. The summed E-state index contributed by atoms with van der Waals surface area (Å²) in [5.41, 5.74) is 0.621. The van der Waals surface area contributed by atoms with Crippen LogP contribution in [0, 0.1) is 5.21 Å². The van der Waals surface area contributed by atoms with Crippen molar-refractivity contribution < 1.29 is 24.5 Å². The van der Waals surface area contributed by atoms with E-state index < -0.39 is 24.6 Å². The molecule has 1 N–H and O–H groups in total. The average Bonchev–Trinajstić information content (AvgIpc) is 2.81. The normalized spacial score (nSPS) is 19.3. The van der Waals surface area contributed by atoms with Gasteiger partial charge in [-0.05, 0) is 25.0 Å². The van der Waals surface area contributed by atoms with Crippen LogP contribution in [0.5, 0.6) is 0 Å². The third-order valence-electron chi connectivity index (χ3n) is 3.88. The van der Waals surface area contributed by atoms with Gasteiger partial charge in [-0.3, -0.25) is 9.59 Å². The molecule has 2 aliphatic heterocycles. The van der Waals surface area contributed by atoms with Crippen LogP contribution in [0.2, 0.25) is 0 Å². The van der Waals surface area contributed by atoms with Crippen LogP contribution in [0.15, 0.2) is 29.5 Å². The number of rotatable bonds is 4. The number of aliphatic hydroxyl groups excluding tert-OH is 1. The summed E-state index contributed by atoms with van der Waals surface area (Å²) in [4.78, 5) is 30.2. The lowest BCUT2D eigenvalue weighted by molar-refractivity contribution is -0.713. The van der Waals surface area contributed by atoms with Gasteiger partial charge >= 0.3 is 0 Å². The minimum atomic E-state index is -0.473. The van der Waals surface area contributed by atoms with Crippen molar-refractivity contribution in [1.29, 1.82) is 0 Å². The lowest BCUT2D eigenvalue weighted by atomic mass is 10.1. The van der Waals surface area contributed by atoms with Gasteiger partial charge in [0.15, 0.2) is 0 Å². The van der Waals surface area contributed by atoms with E-state index in [0.29, 0.717) is 37.1 Å². The lowest BCUT2D eigenvalue weighted by Crippen LogP contribution is -2.40. The van der Waals surface area contributed by atoms with Gasteiger partial charge in [-0.1, -0.05) is 12.1 Å². The summed E-state index contributed by atoms with van der Waals surface area (Å²) in [6.07, 6.45) is 0.554. The fraction of sp³-hybridized carbons (Fsp3) is 0.429. The summed E-state index contributed by atoms with van der Waals surface area (Å²) >= 11 is 0. The molecule has 0 bridgehead atoms. The topological polar surface area (TPSA) is 109 Å². The van der Waals surface area contributed by atoms with Crippen LogP contribution in [0.25, 0.3) is 0 Å². The molecule has 1 fully saturated rings. The first-order valence-electron chi connectivity index (χ1n) is 7.26. The van der Waals surface area contributed by atoms with Crippen LogP contribution in [0.4, 0.5) is 0 Å². The molecule has 1 aromatic carbocycles. The standard InChI is InChI=1S/C14H16N4O5/c19-10-5-7-16(8-6-10)18(22)15-23-9-17-13(20)11-3-1-2-4-12(11)14(17)21/h1-4,10,19H,5-9H2/b18-15-. The molecule has 0 radical (unpaired) electrons. The first-order chi connectivity index (χ1) is 11.1. The van der Waals surface area contributed by atoms with Crippen LogP contribution in [0.1, 0.15) is 33.6 Å². The Hall–Kier alpha value is -2.68. The highest BCUT2D eigenvalue weighted by atomic mass is 16.7. The molecule has 0 atom stereocenters. The number of carbonyl (C=O) groups excluding carboxylic acids is 2. The number of aliphatic hydroxyl groups is 1. The molecule has 2 heterocycles. The van der Waals surface area contributed by atoms with E-state index >= 15 is 0 Å². The zero-order chi connectivity index (χ0) is 16.4. The van der Waals surface area contributed by atoms with Crippen LogP contribution < -0.4 is 0 Å². The number of piperidine rings is 1. The van der Waals surface area contributed by atoms with Crippen LogP contribution >= 0.6 is 0 Å². The van der Waals surface area contributed by atoms with Gasteiger partial charge in [-0.15, -0.1) is 5.01 Å². The van der Waals surface area contributed by atoms with Gasteiger partial charge in [-0.2, -0.15) is 0 Å². The number of imide groups is 1. The van der Waals surface area contributed by atoms with Gasteiger partial charge in [-0.25, -0.2) is 4.90 Å². The zero-order valence-electron chi connectivity index (χ0n) is 12.3. The highest BCUT2D eigenvalue weighted by Crippen LogP contribution is 2.22. The second-order valence-electron chi connectivity index (χ2n) is 5.36. The molecule has 2 aliphatic rings. The SMILES string of the molecule is O=C1c2ccccc2C(=O)N1CO/N=[N+](\[O-])N1CCC(O)CC1. The molecule has 9 heteroatoms. The Labute approximate surface area is 131 Å². The van der Waals surface area contributed by atoms with E-state index in [-0.39, 0.29) is 4.97 Å². The lowest BCUT2D eigenvalue weighted by Gasteiger charge is -2.25. The van der Waals surface area contributed by atoms with Crippen LogP contribution in [-0.4, -0.2) is 57.7 Å². The Balaban J connectivity index is 1.58. The van der Waals surface area contributed by atoms with Gasteiger partial charge in [0.2, 0.25) is 12.0 Å². The van der Waals surface area contributed by atoms with Crippen molar-refractivity contribution in [3.63, 3.8) is 0 Å². The molecule has 1 saturated heterocycles. The quantitative estimate of drug-likeness (QED) is 0.375. The molecule has 0 saturated carbocycles. The highest BCUT2D eigenvalue weighted by molar-refractivity contribution is 6.21. The van der Waals surface area contributed by atoms with Crippen molar-refractivity contribution in [1.82, 2.24) is 9.91 Å². The van der Waals surface area contributed by atoms with Crippen LogP contribution in [0.3, 0.4) is 0 Å². The molecule has 23 heavy (non-hydrogen) atoms. The summed E-state index contributed by atoms with van der Waals surface area (Å²) in [6.45, 7) is 0.302. The van der Waals surface area contributed by atoms with Gasteiger partial charge in [0.1, 0.15) is 0 Å². The molecule has 3 rings (SSSR count). The number of nitrogens with zero attached hydrogens (tertiary/aromatic N) is 4. The first-order valence-corrected chi connectivity index (χ1v) is 7.26. The second kappa shape index (κ2) is 6.21.